The lowest BCUT2D eigenvalue weighted by atomic mass is 9.91. The molecule has 2 aromatic rings. The molecule has 0 heterocycles. The Morgan fingerprint density at radius 3 is 2.47 bits per heavy atom. The van der Waals surface area contributed by atoms with Crippen molar-refractivity contribution in [2.24, 2.45) is 0 Å². The third-order valence-electron chi connectivity index (χ3n) is 3.31. The summed E-state index contributed by atoms with van der Waals surface area (Å²) < 4.78 is 13.5. The van der Waals surface area contributed by atoms with Gasteiger partial charge in [0.15, 0.2) is 0 Å². The van der Waals surface area contributed by atoms with Gasteiger partial charge < -0.3 is 5.32 Å². The average molecular weight is 257 g/mol. The summed E-state index contributed by atoms with van der Waals surface area (Å²) in [6.07, 6.45) is 0.851. The summed E-state index contributed by atoms with van der Waals surface area (Å²) in [6.45, 7) is 2.82. The quantitative estimate of drug-likeness (QED) is 0.861. The molecule has 2 rings (SSSR count). The first-order valence-electron chi connectivity index (χ1n) is 6.64. The summed E-state index contributed by atoms with van der Waals surface area (Å²) in [5, 5.41) is 3.22. The van der Waals surface area contributed by atoms with E-state index < -0.39 is 0 Å². The SMILES string of the molecule is CNCC(Cc1cc(C)cc(F)c1)c1ccccc1. The monoisotopic (exact) mass is 257 g/mol. The molecule has 0 aliphatic heterocycles. The predicted octanol–water partition coefficient (Wildman–Crippen LogP) is 3.68. The molecule has 0 saturated carbocycles. The Morgan fingerprint density at radius 2 is 1.84 bits per heavy atom. The van der Waals surface area contributed by atoms with Crippen molar-refractivity contribution in [3.05, 3.63) is 71.0 Å². The second-order valence-corrected chi connectivity index (χ2v) is 5.01. The van der Waals surface area contributed by atoms with Crippen molar-refractivity contribution >= 4 is 0 Å². The number of halogens is 1. The molecule has 0 bridgehead atoms. The van der Waals surface area contributed by atoms with Crippen molar-refractivity contribution in [1.82, 2.24) is 5.32 Å². The summed E-state index contributed by atoms with van der Waals surface area (Å²) in [6, 6.07) is 15.7. The number of rotatable bonds is 5. The number of likely N-dealkylation sites (N-methyl/N-ethyl adjacent to an activating group) is 1. The largest absolute Gasteiger partial charge is 0.319 e. The highest BCUT2D eigenvalue weighted by molar-refractivity contribution is 5.28. The van der Waals surface area contributed by atoms with Crippen molar-refractivity contribution in [2.45, 2.75) is 19.3 Å². The summed E-state index contributed by atoms with van der Waals surface area (Å²) in [4.78, 5) is 0. The lowest BCUT2D eigenvalue weighted by Gasteiger charge is -2.17. The fourth-order valence-corrected chi connectivity index (χ4v) is 2.49. The van der Waals surface area contributed by atoms with Gasteiger partial charge in [-0.15, -0.1) is 0 Å². The minimum atomic E-state index is -0.147. The Morgan fingerprint density at radius 1 is 1.11 bits per heavy atom. The molecule has 19 heavy (non-hydrogen) atoms. The summed E-state index contributed by atoms with van der Waals surface area (Å²) in [5.74, 6) is 0.221. The van der Waals surface area contributed by atoms with E-state index in [9.17, 15) is 4.39 Å². The van der Waals surface area contributed by atoms with Crippen molar-refractivity contribution in [3.63, 3.8) is 0 Å². The Hall–Kier alpha value is -1.67. The first-order valence-corrected chi connectivity index (χ1v) is 6.64. The molecule has 1 nitrogen and oxygen atoms in total. The fraction of sp³-hybridized carbons (Fsp3) is 0.294. The molecule has 0 amide bonds. The maximum atomic E-state index is 13.5. The van der Waals surface area contributed by atoms with E-state index in [0.29, 0.717) is 5.92 Å². The molecule has 0 saturated heterocycles. The maximum Gasteiger partial charge on any atom is 0.123 e. The van der Waals surface area contributed by atoms with Crippen LogP contribution < -0.4 is 5.32 Å². The van der Waals surface area contributed by atoms with Crippen LogP contribution in [0.5, 0.6) is 0 Å². The van der Waals surface area contributed by atoms with E-state index >= 15 is 0 Å². The lowest BCUT2D eigenvalue weighted by molar-refractivity contribution is 0.607. The van der Waals surface area contributed by atoms with Gasteiger partial charge in [0.1, 0.15) is 5.82 Å². The molecule has 1 unspecified atom stereocenters. The van der Waals surface area contributed by atoms with Gasteiger partial charge >= 0.3 is 0 Å². The molecule has 1 N–H and O–H groups in total. The summed E-state index contributed by atoms with van der Waals surface area (Å²) in [7, 11) is 1.95. The van der Waals surface area contributed by atoms with Gasteiger partial charge in [0.05, 0.1) is 0 Å². The van der Waals surface area contributed by atoms with Crippen molar-refractivity contribution < 1.29 is 4.39 Å². The number of nitrogens with one attached hydrogen (secondary N) is 1. The van der Waals surface area contributed by atoms with E-state index in [1.54, 1.807) is 12.1 Å². The average Bonchev–Trinajstić information content (AvgIpc) is 2.38. The predicted molar refractivity (Wildman–Crippen MR) is 78.0 cm³/mol. The zero-order chi connectivity index (χ0) is 13.7. The molecule has 2 heteroatoms. The van der Waals surface area contributed by atoms with Gasteiger partial charge in [-0.1, -0.05) is 36.4 Å². The van der Waals surface area contributed by atoms with Crippen molar-refractivity contribution in [2.75, 3.05) is 13.6 Å². The molecule has 100 valence electrons. The summed E-state index contributed by atoms with van der Waals surface area (Å²) >= 11 is 0. The van der Waals surface area contributed by atoms with Crippen LogP contribution in [0.3, 0.4) is 0 Å². The van der Waals surface area contributed by atoms with Crippen LogP contribution in [0.1, 0.15) is 22.6 Å². The maximum absolute atomic E-state index is 13.5. The van der Waals surface area contributed by atoms with Crippen molar-refractivity contribution in [1.29, 1.82) is 0 Å². The second kappa shape index (κ2) is 6.48. The second-order valence-electron chi connectivity index (χ2n) is 5.01. The van der Waals surface area contributed by atoms with Gasteiger partial charge in [0.25, 0.3) is 0 Å². The van der Waals surface area contributed by atoms with Crippen LogP contribution in [-0.4, -0.2) is 13.6 Å². The third-order valence-corrected chi connectivity index (χ3v) is 3.31. The van der Waals surface area contributed by atoms with Gasteiger partial charge in [-0.05, 0) is 49.2 Å². The van der Waals surface area contributed by atoms with Crippen LogP contribution in [0.2, 0.25) is 0 Å². The van der Waals surface area contributed by atoms with E-state index in [2.05, 4.69) is 35.6 Å². The first kappa shape index (κ1) is 13.8. The van der Waals surface area contributed by atoms with Crippen LogP contribution >= 0.6 is 0 Å². The topological polar surface area (TPSA) is 12.0 Å². The third kappa shape index (κ3) is 3.90. The van der Waals surface area contributed by atoms with Crippen LogP contribution in [-0.2, 0) is 6.42 Å². The number of aryl methyl sites for hydroxylation is 1. The van der Waals surface area contributed by atoms with Crippen molar-refractivity contribution in [3.8, 4) is 0 Å². The van der Waals surface area contributed by atoms with Gasteiger partial charge in [-0.25, -0.2) is 4.39 Å². The molecule has 1 atom stereocenters. The zero-order valence-electron chi connectivity index (χ0n) is 11.5. The van der Waals surface area contributed by atoms with Gasteiger partial charge in [0.2, 0.25) is 0 Å². The minimum Gasteiger partial charge on any atom is -0.319 e. The van der Waals surface area contributed by atoms with E-state index in [-0.39, 0.29) is 5.82 Å². The number of hydrogen-bond donors (Lipinski definition) is 1. The standard InChI is InChI=1S/C17H20FN/c1-13-8-14(11-17(18)9-13)10-16(12-19-2)15-6-4-3-5-7-15/h3-9,11,16,19H,10,12H2,1-2H3. The highest BCUT2D eigenvalue weighted by Gasteiger charge is 2.12. The van der Waals surface area contributed by atoms with E-state index in [4.69, 9.17) is 0 Å². The Bertz CT molecular complexity index is 502. The molecule has 0 fully saturated rings. The highest BCUT2D eigenvalue weighted by atomic mass is 19.1. The normalized spacial score (nSPS) is 12.4. The molecule has 0 aromatic heterocycles. The Balaban J connectivity index is 2.21. The molecule has 0 aliphatic rings. The van der Waals surface area contributed by atoms with Gasteiger partial charge in [-0.3, -0.25) is 0 Å². The molecule has 0 aliphatic carbocycles. The highest BCUT2D eigenvalue weighted by Crippen LogP contribution is 2.21. The molecule has 0 radical (unpaired) electrons. The summed E-state index contributed by atoms with van der Waals surface area (Å²) in [5.41, 5.74) is 3.33. The van der Waals surface area contributed by atoms with Gasteiger partial charge in [-0.2, -0.15) is 0 Å². The smallest absolute Gasteiger partial charge is 0.123 e. The number of benzene rings is 2. The molecule has 2 aromatic carbocycles. The van der Waals surface area contributed by atoms with Gasteiger partial charge in [0, 0.05) is 12.5 Å². The van der Waals surface area contributed by atoms with Crippen LogP contribution in [0.15, 0.2) is 48.5 Å². The first-order chi connectivity index (χ1) is 9.19. The minimum absolute atomic E-state index is 0.147. The number of hydrogen-bond acceptors (Lipinski definition) is 1. The van der Waals surface area contributed by atoms with E-state index in [1.807, 2.05) is 20.0 Å². The van der Waals surface area contributed by atoms with E-state index in [0.717, 1.165) is 24.1 Å². The molecular weight excluding hydrogens is 237 g/mol. The van der Waals surface area contributed by atoms with Crippen LogP contribution in [0.25, 0.3) is 0 Å². The molecular formula is C17H20FN. The Kier molecular flexibility index (Phi) is 4.69. The lowest BCUT2D eigenvalue weighted by Crippen LogP contribution is -2.19. The van der Waals surface area contributed by atoms with Crippen LogP contribution in [0, 0.1) is 12.7 Å². The van der Waals surface area contributed by atoms with Crippen LogP contribution in [0.4, 0.5) is 4.39 Å². The molecule has 0 spiro atoms. The zero-order valence-corrected chi connectivity index (χ0v) is 11.5. The Labute approximate surface area is 114 Å². The van der Waals surface area contributed by atoms with E-state index in [1.165, 1.54) is 5.56 Å². The fourth-order valence-electron chi connectivity index (χ4n) is 2.49.